The molecule has 0 saturated heterocycles. The highest BCUT2D eigenvalue weighted by molar-refractivity contribution is 5.85. The van der Waals surface area contributed by atoms with Crippen LogP contribution in [0.15, 0.2) is 67.3 Å². The van der Waals surface area contributed by atoms with Gasteiger partial charge < -0.3 is 4.98 Å². The molecule has 3 aromatic rings. The van der Waals surface area contributed by atoms with Crippen molar-refractivity contribution in [3.05, 3.63) is 84.1 Å². The normalized spacial score (nSPS) is 28.7. The van der Waals surface area contributed by atoms with Crippen LogP contribution in [-0.4, -0.2) is 24.0 Å². The van der Waals surface area contributed by atoms with Gasteiger partial charge in [0.05, 0.1) is 0 Å². The molecule has 0 radical (unpaired) electrons. The monoisotopic (exact) mass is 398 g/mol. The van der Waals surface area contributed by atoms with E-state index in [0.717, 1.165) is 6.42 Å². The van der Waals surface area contributed by atoms with E-state index in [1.54, 1.807) is 11.3 Å². The third-order valence-electron chi connectivity index (χ3n) is 8.25. The largest absolute Gasteiger partial charge is 0.358 e. The molecule has 3 unspecified atom stereocenters. The maximum absolute atomic E-state index is 4.16. The van der Waals surface area contributed by atoms with Gasteiger partial charge in [-0.15, -0.1) is 6.58 Å². The number of aromatic nitrogens is 1. The van der Waals surface area contributed by atoms with E-state index in [1.807, 2.05) is 0 Å². The summed E-state index contributed by atoms with van der Waals surface area (Å²) in [5.41, 5.74) is 6.26. The van der Waals surface area contributed by atoms with E-state index in [4.69, 9.17) is 0 Å². The number of nitrogens with zero attached hydrogens (tertiary/aromatic N) is 1. The van der Waals surface area contributed by atoms with Crippen molar-refractivity contribution in [1.29, 1.82) is 0 Å². The summed E-state index contributed by atoms with van der Waals surface area (Å²) in [6, 6.07) is 20.1. The second-order valence-electron chi connectivity index (χ2n) is 9.77. The van der Waals surface area contributed by atoms with E-state index < -0.39 is 0 Å². The van der Waals surface area contributed by atoms with Gasteiger partial charge >= 0.3 is 0 Å². The van der Waals surface area contributed by atoms with Gasteiger partial charge in [0, 0.05) is 27.6 Å². The Morgan fingerprint density at radius 1 is 1.03 bits per heavy atom. The number of hydrogen-bond acceptors (Lipinski definition) is 1. The molecule has 1 heterocycles. The van der Waals surface area contributed by atoms with Crippen LogP contribution < -0.4 is 0 Å². The van der Waals surface area contributed by atoms with E-state index >= 15 is 0 Å². The summed E-state index contributed by atoms with van der Waals surface area (Å²) in [5.74, 6) is 0.554. The van der Waals surface area contributed by atoms with Gasteiger partial charge in [-0.1, -0.05) is 54.6 Å². The number of aryl methyl sites for hydroxylation is 1. The molecule has 3 atom stereocenters. The van der Waals surface area contributed by atoms with Gasteiger partial charge in [0.1, 0.15) is 0 Å². The molecule has 2 aliphatic rings. The van der Waals surface area contributed by atoms with Crippen molar-refractivity contribution in [1.82, 2.24) is 9.88 Å². The first-order valence-electron chi connectivity index (χ1n) is 11.5. The van der Waals surface area contributed by atoms with E-state index in [2.05, 4.69) is 91.2 Å². The van der Waals surface area contributed by atoms with Gasteiger partial charge in [-0.25, -0.2) is 0 Å². The summed E-state index contributed by atoms with van der Waals surface area (Å²) in [6.07, 6.45) is 10.7. The van der Waals surface area contributed by atoms with Gasteiger partial charge in [0.2, 0.25) is 0 Å². The maximum Gasteiger partial charge on any atom is 0.0486 e. The van der Waals surface area contributed by atoms with Crippen LogP contribution in [0.1, 0.15) is 55.3 Å². The number of rotatable bonds is 4. The molecule has 0 amide bonds. The fourth-order valence-corrected chi connectivity index (χ4v) is 6.90. The van der Waals surface area contributed by atoms with Gasteiger partial charge in [-0.2, -0.15) is 0 Å². The van der Waals surface area contributed by atoms with Crippen molar-refractivity contribution in [3.8, 4) is 0 Å². The van der Waals surface area contributed by atoms with Crippen molar-refractivity contribution in [3.63, 3.8) is 0 Å². The average molecular weight is 399 g/mol. The van der Waals surface area contributed by atoms with Gasteiger partial charge in [-0.3, -0.25) is 4.90 Å². The fraction of sp³-hybridized carbons (Fsp3) is 0.429. The molecule has 1 fully saturated rings. The van der Waals surface area contributed by atoms with Crippen molar-refractivity contribution in [2.24, 2.45) is 5.92 Å². The lowest BCUT2D eigenvalue weighted by Gasteiger charge is -2.56. The number of aromatic amines is 1. The SMILES string of the molecule is C=CCC1CC2(CCCc3c2[nH]c2ccccc32)CCC1(c1ccccc1)N(C)C. The zero-order valence-electron chi connectivity index (χ0n) is 18.5. The van der Waals surface area contributed by atoms with E-state index in [0.29, 0.717) is 5.92 Å². The first-order valence-corrected chi connectivity index (χ1v) is 11.5. The lowest BCUT2D eigenvalue weighted by Crippen LogP contribution is -2.54. The number of fused-ring (bicyclic) bond motifs is 4. The second-order valence-corrected chi connectivity index (χ2v) is 9.77. The predicted molar refractivity (Wildman–Crippen MR) is 127 cm³/mol. The first-order chi connectivity index (χ1) is 14.6. The fourth-order valence-electron chi connectivity index (χ4n) is 6.90. The molecule has 1 saturated carbocycles. The summed E-state index contributed by atoms with van der Waals surface area (Å²) in [5, 5.41) is 1.44. The quantitative estimate of drug-likeness (QED) is 0.492. The van der Waals surface area contributed by atoms with Crippen LogP contribution in [-0.2, 0) is 17.4 Å². The van der Waals surface area contributed by atoms with Gasteiger partial charge in [0.15, 0.2) is 0 Å². The minimum Gasteiger partial charge on any atom is -0.358 e. The Labute approximate surface area is 181 Å². The zero-order chi connectivity index (χ0) is 20.8. The number of para-hydroxylation sites is 1. The highest BCUT2D eigenvalue weighted by atomic mass is 15.2. The Bertz CT molecular complexity index is 1050. The predicted octanol–water partition coefficient (Wildman–Crippen LogP) is 6.58. The third-order valence-corrected chi connectivity index (χ3v) is 8.25. The highest BCUT2D eigenvalue weighted by Gasteiger charge is 2.52. The first kappa shape index (κ1) is 19.6. The van der Waals surface area contributed by atoms with Crippen LogP contribution >= 0.6 is 0 Å². The minimum atomic E-state index is 0.0737. The Hall–Kier alpha value is -2.32. The Morgan fingerprint density at radius 2 is 1.80 bits per heavy atom. The summed E-state index contributed by atoms with van der Waals surface area (Å²) in [6.45, 7) is 4.16. The number of hydrogen-bond donors (Lipinski definition) is 1. The molecule has 156 valence electrons. The number of nitrogens with one attached hydrogen (secondary N) is 1. The molecule has 0 bridgehead atoms. The highest BCUT2D eigenvalue weighted by Crippen LogP contribution is 2.57. The smallest absolute Gasteiger partial charge is 0.0486 e. The van der Waals surface area contributed by atoms with E-state index in [-0.39, 0.29) is 11.0 Å². The van der Waals surface area contributed by atoms with Crippen LogP contribution in [0.2, 0.25) is 0 Å². The topological polar surface area (TPSA) is 19.0 Å². The van der Waals surface area contributed by atoms with Crippen molar-refractivity contribution in [2.45, 2.75) is 55.9 Å². The minimum absolute atomic E-state index is 0.0737. The molecule has 2 nitrogen and oxygen atoms in total. The molecule has 0 aliphatic heterocycles. The van der Waals surface area contributed by atoms with E-state index in [9.17, 15) is 0 Å². The summed E-state index contributed by atoms with van der Waals surface area (Å²) in [7, 11) is 4.55. The van der Waals surface area contributed by atoms with Crippen LogP contribution in [0, 0.1) is 5.92 Å². The average Bonchev–Trinajstić information content (AvgIpc) is 3.15. The number of allylic oxidation sites excluding steroid dienone is 1. The zero-order valence-corrected chi connectivity index (χ0v) is 18.5. The van der Waals surface area contributed by atoms with E-state index in [1.165, 1.54) is 55.0 Å². The third kappa shape index (κ3) is 2.80. The Balaban J connectivity index is 1.62. The molecule has 2 aliphatic carbocycles. The molecule has 5 rings (SSSR count). The molecule has 2 heteroatoms. The molecule has 1 N–H and O–H groups in total. The Morgan fingerprint density at radius 3 is 2.57 bits per heavy atom. The lowest BCUT2D eigenvalue weighted by molar-refractivity contribution is -0.00276. The Kier molecular flexibility index (Phi) is 4.86. The summed E-state index contributed by atoms with van der Waals surface area (Å²) in [4.78, 5) is 6.39. The van der Waals surface area contributed by atoms with Gasteiger partial charge in [0.25, 0.3) is 0 Å². The van der Waals surface area contributed by atoms with Crippen LogP contribution in [0.4, 0.5) is 0 Å². The molecular weight excluding hydrogens is 364 g/mol. The van der Waals surface area contributed by atoms with Crippen molar-refractivity contribution >= 4 is 10.9 Å². The summed E-state index contributed by atoms with van der Waals surface area (Å²) >= 11 is 0. The van der Waals surface area contributed by atoms with Crippen molar-refractivity contribution in [2.75, 3.05) is 14.1 Å². The second kappa shape index (κ2) is 7.42. The molecule has 1 spiro atoms. The number of H-pyrrole nitrogens is 1. The molecular formula is C28H34N2. The van der Waals surface area contributed by atoms with Crippen LogP contribution in [0.3, 0.4) is 0 Å². The summed E-state index contributed by atoms with van der Waals surface area (Å²) < 4.78 is 0. The van der Waals surface area contributed by atoms with Crippen molar-refractivity contribution < 1.29 is 0 Å². The van der Waals surface area contributed by atoms with Crippen LogP contribution in [0.25, 0.3) is 10.9 Å². The maximum atomic E-state index is 4.16. The molecule has 30 heavy (non-hydrogen) atoms. The lowest BCUT2D eigenvalue weighted by atomic mass is 9.54. The van der Waals surface area contributed by atoms with Crippen LogP contribution in [0.5, 0.6) is 0 Å². The number of benzene rings is 2. The standard InChI is InChI=1S/C28H34N2/c1-4-11-22-20-27(18-19-28(22,30(2)3)21-12-6-5-7-13-21)17-10-15-24-23-14-8-9-16-25(23)29-26(24)27/h4-9,12-14,16,22,29H,1,10-11,15,17-20H2,2-3H3. The molecule has 2 aromatic carbocycles. The van der Waals surface area contributed by atoms with Gasteiger partial charge in [-0.05, 0) is 82.2 Å². The molecule has 1 aromatic heterocycles.